The van der Waals surface area contributed by atoms with Crippen LogP contribution in [0.3, 0.4) is 0 Å². The van der Waals surface area contributed by atoms with Crippen LogP contribution < -0.4 is 35.1 Å². The average Bonchev–Trinajstić information content (AvgIpc) is 2.86. The highest BCUT2D eigenvalue weighted by molar-refractivity contribution is 7.93. The third-order valence-electron chi connectivity index (χ3n) is 5.39. The standard InChI is InChI=1S/C25H29N3O8S2/c1-33-18-13-23(35-3)19(24(14-18)36-4)9-10-37(29,30)15-16-5-7-22(34-2)21(11-16)28-38(31,32)25-8-6-17(26)12-20(25)27/h5-14,28H,15,26-27H2,1-4H3/b10-9+. The van der Waals surface area contributed by atoms with E-state index in [9.17, 15) is 16.8 Å². The molecule has 0 amide bonds. The number of anilines is 3. The summed E-state index contributed by atoms with van der Waals surface area (Å²) in [6, 6.07) is 11.6. The predicted octanol–water partition coefficient (Wildman–Crippen LogP) is 3.27. The summed E-state index contributed by atoms with van der Waals surface area (Å²) in [7, 11) is -2.22. The number of rotatable bonds is 11. The minimum atomic E-state index is -4.13. The zero-order chi connectivity index (χ0) is 28.1. The summed E-state index contributed by atoms with van der Waals surface area (Å²) in [6.07, 6.45) is 1.36. The minimum Gasteiger partial charge on any atom is -0.496 e. The van der Waals surface area contributed by atoms with Gasteiger partial charge in [-0.2, -0.15) is 0 Å². The van der Waals surface area contributed by atoms with Crippen LogP contribution in [0.25, 0.3) is 6.08 Å². The molecule has 0 aliphatic heterocycles. The van der Waals surface area contributed by atoms with Gasteiger partial charge in [0.1, 0.15) is 27.9 Å². The maximum absolute atomic E-state index is 13.0. The molecule has 0 aromatic heterocycles. The van der Waals surface area contributed by atoms with Crippen molar-refractivity contribution in [2.45, 2.75) is 10.6 Å². The lowest BCUT2D eigenvalue weighted by molar-refractivity contribution is 0.374. The van der Waals surface area contributed by atoms with Gasteiger partial charge in [0.05, 0.1) is 51.1 Å². The lowest BCUT2D eigenvalue weighted by Crippen LogP contribution is -2.16. The average molecular weight is 564 g/mol. The number of benzene rings is 3. The molecule has 0 spiro atoms. The van der Waals surface area contributed by atoms with Crippen LogP contribution in [0.4, 0.5) is 17.1 Å². The minimum absolute atomic E-state index is 0.0373. The summed E-state index contributed by atoms with van der Waals surface area (Å²) >= 11 is 0. The number of ether oxygens (including phenoxy) is 4. The number of nitrogens with one attached hydrogen (secondary N) is 1. The van der Waals surface area contributed by atoms with Crippen LogP contribution in [-0.4, -0.2) is 45.3 Å². The molecule has 3 rings (SSSR count). The predicted molar refractivity (Wildman–Crippen MR) is 147 cm³/mol. The maximum atomic E-state index is 13.0. The van der Waals surface area contributed by atoms with E-state index in [2.05, 4.69) is 4.72 Å². The third kappa shape index (κ3) is 6.61. The van der Waals surface area contributed by atoms with E-state index in [1.807, 2.05) is 0 Å². The zero-order valence-electron chi connectivity index (χ0n) is 21.2. The second-order valence-electron chi connectivity index (χ2n) is 7.99. The van der Waals surface area contributed by atoms with Crippen LogP contribution in [0.15, 0.2) is 58.8 Å². The second kappa shape index (κ2) is 11.5. The van der Waals surface area contributed by atoms with Gasteiger partial charge < -0.3 is 30.4 Å². The molecule has 0 saturated heterocycles. The Hall–Kier alpha value is -4.10. The molecule has 0 atom stereocenters. The molecule has 0 saturated carbocycles. The molecule has 0 fully saturated rings. The van der Waals surface area contributed by atoms with Crippen molar-refractivity contribution >= 4 is 43.0 Å². The van der Waals surface area contributed by atoms with Gasteiger partial charge in [0.15, 0.2) is 9.84 Å². The molecule has 0 aliphatic rings. The molecular weight excluding hydrogens is 534 g/mol. The number of nitrogen functional groups attached to an aromatic ring is 2. The van der Waals surface area contributed by atoms with Gasteiger partial charge in [-0.15, -0.1) is 0 Å². The molecule has 204 valence electrons. The maximum Gasteiger partial charge on any atom is 0.264 e. The Kier molecular flexibility index (Phi) is 8.63. The first-order valence-corrected chi connectivity index (χ1v) is 14.2. The summed E-state index contributed by atoms with van der Waals surface area (Å²) < 4.78 is 75.4. The van der Waals surface area contributed by atoms with E-state index in [-0.39, 0.29) is 22.0 Å². The molecule has 11 nitrogen and oxygen atoms in total. The fourth-order valence-corrected chi connectivity index (χ4v) is 5.84. The first-order chi connectivity index (χ1) is 17.9. The third-order valence-corrected chi connectivity index (χ3v) is 8.12. The van der Waals surface area contributed by atoms with E-state index in [1.165, 1.54) is 70.9 Å². The van der Waals surface area contributed by atoms with Crippen molar-refractivity contribution in [1.82, 2.24) is 0 Å². The van der Waals surface area contributed by atoms with Crippen LogP contribution in [-0.2, 0) is 25.6 Å². The van der Waals surface area contributed by atoms with E-state index in [1.54, 1.807) is 12.1 Å². The molecule has 3 aromatic carbocycles. The molecule has 0 heterocycles. The fourth-order valence-electron chi connectivity index (χ4n) is 3.59. The van der Waals surface area contributed by atoms with E-state index in [0.29, 0.717) is 34.1 Å². The van der Waals surface area contributed by atoms with Crippen molar-refractivity contribution in [3.05, 3.63) is 65.1 Å². The van der Waals surface area contributed by atoms with Crippen molar-refractivity contribution in [1.29, 1.82) is 0 Å². The Bertz CT molecular complexity index is 1540. The van der Waals surface area contributed by atoms with Gasteiger partial charge in [-0.1, -0.05) is 6.07 Å². The van der Waals surface area contributed by atoms with Gasteiger partial charge in [0.2, 0.25) is 0 Å². The van der Waals surface area contributed by atoms with Gasteiger partial charge >= 0.3 is 0 Å². The molecule has 0 radical (unpaired) electrons. The highest BCUT2D eigenvalue weighted by Gasteiger charge is 2.21. The quantitative estimate of drug-likeness (QED) is 0.294. The van der Waals surface area contributed by atoms with Crippen molar-refractivity contribution in [2.75, 3.05) is 44.6 Å². The number of methoxy groups -OCH3 is 4. The number of sulfone groups is 1. The molecule has 38 heavy (non-hydrogen) atoms. The number of sulfonamides is 1. The Labute approximate surface area is 221 Å². The highest BCUT2D eigenvalue weighted by atomic mass is 32.2. The van der Waals surface area contributed by atoms with E-state index >= 15 is 0 Å². The van der Waals surface area contributed by atoms with Crippen LogP contribution in [0.5, 0.6) is 23.0 Å². The van der Waals surface area contributed by atoms with Crippen LogP contribution in [0.1, 0.15) is 11.1 Å². The van der Waals surface area contributed by atoms with E-state index in [4.69, 9.17) is 30.4 Å². The van der Waals surface area contributed by atoms with Gasteiger partial charge in [-0.25, -0.2) is 16.8 Å². The van der Waals surface area contributed by atoms with Crippen LogP contribution in [0, 0.1) is 0 Å². The molecule has 3 aromatic rings. The van der Waals surface area contributed by atoms with Gasteiger partial charge in [0, 0.05) is 23.2 Å². The second-order valence-corrected chi connectivity index (χ2v) is 11.5. The number of hydrogen-bond acceptors (Lipinski definition) is 10. The smallest absolute Gasteiger partial charge is 0.264 e. The molecule has 0 unspecified atom stereocenters. The summed E-state index contributed by atoms with van der Waals surface area (Å²) in [6.45, 7) is 0. The molecule has 5 N–H and O–H groups in total. The molecular formula is C25H29N3O8S2. The largest absolute Gasteiger partial charge is 0.496 e. The Morgan fingerprint density at radius 3 is 1.97 bits per heavy atom. The number of hydrogen-bond donors (Lipinski definition) is 3. The highest BCUT2D eigenvalue weighted by Crippen LogP contribution is 2.35. The van der Waals surface area contributed by atoms with Gasteiger partial charge in [-0.05, 0) is 42.0 Å². The summed E-state index contributed by atoms with van der Waals surface area (Å²) in [4.78, 5) is -0.183. The summed E-state index contributed by atoms with van der Waals surface area (Å²) in [5, 5.41) is 1.03. The summed E-state index contributed by atoms with van der Waals surface area (Å²) in [5.41, 5.74) is 12.5. The molecule has 0 bridgehead atoms. The zero-order valence-corrected chi connectivity index (χ0v) is 22.9. The van der Waals surface area contributed by atoms with Crippen LogP contribution in [0.2, 0.25) is 0 Å². The Morgan fingerprint density at radius 2 is 1.42 bits per heavy atom. The molecule has 13 heteroatoms. The Balaban J connectivity index is 1.91. The number of nitrogens with two attached hydrogens (primary N) is 2. The van der Waals surface area contributed by atoms with Crippen LogP contribution >= 0.6 is 0 Å². The Morgan fingerprint density at radius 1 is 0.789 bits per heavy atom. The first-order valence-electron chi connectivity index (χ1n) is 11.0. The van der Waals surface area contributed by atoms with E-state index in [0.717, 1.165) is 5.41 Å². The van der Waals surface area contributed by atoms with Gasteiger partial charge in [0.25, 0.3) is 10.0 Å². The van der Waals surface area contributed by atoms with Crippen molar-refractivity contribution in [3.63, 3.8) is 0 Å². The normalized spacial score (nSPS) is 11.8. The SMILES string of the molecule is COc1cc(OC)c(/C=C/S(=O)(=O)Cc2ccc(OC)c(NS(=O)(=O)c3ccc(N)cc3N)c2)c(OC)c1. The van der Waals surface area contributed by atoms with Crippen molar-refractivity contribution < 1.29 is 35.8 Å². The first kappa shape index (κ1) is 28.5. The summed E-state index contributed by atoms with van der Waals surface area (Å²) in [5.74, 6) is 0.957. The molecule has 0 aliphatic carbocycles. The van der Waals surface area contributed by atoms with Gasteiger partial charge in [-0.3, -0.25) is 4.72 Å². The van der Waals surface area contributed by atoms with E-state index < -0.39 is 25.6 Å². The topological polar surface area (TPSA) is 169 Å². The van der Waals surface area contributed by atoms with Crippen molar-refractivity contribution in [3.8, 4) is 23.0 Å². The fraction of sp³-hybridized carbons (Fsp3) is 0.200. The van der Waals surface area contributed by atoms with Crippen molar-refractivity contribution in [2.24, 2.45) is 0 Å². The lowest BCUT2D eigenvalue weighted by atomic mass is 10.1. The lowest BCUT2D eigenvalue weighted by Gasteiger charge is -2.15. The monoisotopic (exact) mass is 563 g/mol.